The zero-order chi connectivity index (χ0) is 19.9. The molecule has 0 radical (unpaired) electrons. The second-order valence-electron chi connectivity index (χ2n) is 6.60. The molecule has 0 aliphatic carbocycles. The van der Waals surface area contributed by atoms with Gasteiger partial charge in [-0.2, -0.15) is 4.98 Å². The maximum absolute atomic E-state index is 11.9. The van der Waals surface area contributed by atoms with E-state index in [1.807, 2.05) is 65.6 Å². The molecule has 0 N–H and O–H groups in total. The molecule has 28 heavy (non-hydrogen) atoms. The minimum absolute atomic E-state index is 0.0175. The first-order chi connectivity index (χ1) is 13.5. The normalized spacial score (nSPS) is 10.7. The van der Waals surface area contributed by atoms with Gasteiger partial charge in [0.05, 0.1) is 11.0 Å². The summed E-state index contributed by atoms with van der Waals surface area (Å²) in [5.74, 6) is 0.222. The Kier molecular flexibility index (Phi) is 6.16. The summed E-state index contributed by atoms with van der Waals surface area (Å²) in [5.41, 5.74) is 1.83. The number of hydrogen-bond acceptors (Lipinski definition) is 6. The van der Waals surface area contributed by atoms with E-state index >= 15 is 0 Å². The predicted molar refractivity (Wildman–Crippen MR) is 107 cm³/mol. The number of hydrogen-bond donors (Lipinski definition) is 0. The molecule has 7 nitrogen and oxygen atoms in total. The molecule has 0 amide bonds. The van der Waals surface area contributed by atoms with Crippen LogP contribution >= 0.6 is 0 Å². The van der Waals surface area contributed by atoms with Crippen LogP contribution in [0.3, 0.4) is 0 Å². The van der Waals surface area contributed by atoms with E-state index in [1.54, 1.807) is 13.8 Å². The number of aromatic nitrogens is 2. The van der Waals surface area contributed by atoms with Gasteiger partial charge in [-0.15, -0.1) is 0 Å². The largest absolute Gasteiger partial charge is 0.470 e. The van der Waals surface area contributed by atoms with E-state index in [4.69, 9.17) is 4.74 Å². The summed E-state index contributed by atoms with van der Waals surface area (Å²) in [5, 5.41) is 11.9. The Balaban J connectivity index is 2.04. The molecule has 0 aliphatic rings. The Morgan fingerprint density at radius 2 is 1.50 bits per heavy atom. The van der Waals surface area contributed by atoms with Gasteiger partial charge in [-0.05, 0) is 25.0 Å². The van der Waals surface area contributed by atoms with Gasteiger partial charge in [0.15, 0.2) is 0 Å². The summed E-state index contributed by atoms with van der Waals surface area (Å²) < 4.78 is 5.58. The third-order valence-electron chi connectivity index (χ3n) is 4.03. The summed E-state index contributed by atoms with van der Waals surface area (Å²) in [6.45, 7) is 4.54. The van der Waals surface area contributed by atoms with Gasteiger partial charge in [0.25, 0.3) is 5.88 Å². The molecule has 0 saturated carbocycles. The van der Waals surface area contributed by atoms with Crippen molar-refractivity contribution in [3.8, 4) is 5.88 Å². The summed E-state index contributed by atoms with van der Waals surface area (Å²) >= 11 is 0. The van der Waals surface area contributed by atoms with Crippen molar-refractivity contribution >= 4 is 11.5 Å². The number of anilines is 1. The fraction of sp³-hybridized carbons (Fsp3) is 0.238. The standard InChI is InChI=1S/C21H22N4O3/c1-16(2)28-21-19(25(26)27)20(22-15-23-21)24(13-17-9-5-3-6-10-17)14-18-11-7-4-8-12-18/h3-12,15-16H,13-14H2,1-2H3. The minimum Gasteiger partial charge on any atom is -0.470 e. The number of benzene rings is 2. The molecule has 0 bridgehead atoms. The number of rotatable bonds is 8. The molecule has 0 spiro atoms. The number of ether oxygens (including phenoxy) is 1. The van der Waals surface area contributed by atoms with Crippen LogP contribution in [0.1, 0.15) is 25.0 Å². The molecule has 0 atom stereocenters. The van der Waals surface area contributed by atoms with Crippen molar-refractivity contribution in [2.24, 2.45) is 0 Å². The van der Waals surface area contributed by atoms with Gasteiger partial charge >= 0.3 is 5.69 Å². The fourth-order valence-corrected chi connectivity index (χ4v) is 2.87. The second-order valence-corrected chi connectivity index (χ2v) is 6.60. The van der Waals surface area contributed by atoms with Crippen LogP contribution < -0.4 is 9.64 Å². The van der Waals surface area contributed by atoms with Crippen molar-refractivity contribution in [3.63, 3.8) is 0 Å². The Morgan fingerprint density at radius 1 is 0.964 bits per heavy atom. The molecule has 2 aromatic carbocycles. The van der Waals surface area contributed by atoms with Crippen molar-refractivity contribution < 1.29 is 9.66 Å². The van der Waals surface area contributed by atoms with Crippen molar-refractivity contribution in [2.75, 3.05) is 4.90 Å². The fourth-order valence-electron chi connectivity index (χ4n) is 2.87. The van der Waals surface area contributed by atoms with Gasteiger partial charge in [-0.1, -0.05) is 60.7 Å². The molecule has 0 saturated heterocycles. The molecule has 0 fully saturated rings. The smallest absolute Gasteiger partial charge is 0.372 e. The molecule has 3 rings (SSSR count). The highest BCUT2D eigenvalue weighted by atomic mass is 16.6. The van der Waals surface area contributed by atoms with Crippen LogP contribution in [0.25, 0.3) is 0 Å². The lowest BCUT2D eigenvalue weighted by molar-refractivity contribution is -0.385. The third-order valence-corrected chi connectivity index (χ3v) is 4.03. The molecule has 144 valence electrons. The van der Waals surface area contributed by atoms with Crippen molar-refractivity contribution in [2.45, 2.75) is 33.0 Å². The van der Waals surface area contributed by atoms with Crippen LogP contribution in [0.2, 0.25) is 0 Å². The highest BCUT2D eigenvalue weighted by molar-refractivity contribution is 5.63. The number of nitro groups is 1. The van der Waals surface area contributed by atoms with E-state index in [2.05, 4.69) is 9.97 Å². The Bertz CT molecular complexity index is 876. The average molecular weight is 378 g/mol. The molecule has 7 heteroatoms. The lowest BCUT2D eigenvalue weighted by Crippen LogP contribution is -2.25. The van der Waals surface area contributed by atoms with Crippen LogP contribution in [0.15, 0.2) is 67.0 Å². The van der Waals surface area contributed by atoms with E-state index in [-0.39, 0.29) is 23.5 Å². The molecular formula is C21H22N4O3. The van der Waals surface area contributed by atoms with Crippen LogP contribution in [0, 0.1) is 10.1 Å². The maximum atomic E-state index is 11.9. The third kappa shape index (κ3) is 4.82. The van der Waals surface area contributed by atoms with Crippen molar-refractivity contribution in [3.05, 3.63) is 88.2 Å². The highest BCUT2D eigenvalue weighted by Crippen LogP contribution is 2.35. The SMILES string of the molecule is CC(C)Oc1ncnc(N(Cc2ccccc2)Cc2ccccc2)c1[N+](=O)[O-]. The topological polar surface area (TPSA) is 81.4 Å². The van der Waals surface area contributed by atoms with Gasteiger partial charge in [0.2, 0.25) is 5.82 Å². The van der Waals surface area contributed by atoms with Crippen LogP contribution in [-0.2, 0) is 13.1 Å². The lowest BCUT2D eigenvalue weighted by Gasteiger charge is -2.24. The average Bonchev–Trinajstić information content (AvgIpc) is 2.68. The van der Waals surface area contributed by atoms with E-state index < -0.39 is 4.92 Å². The first kappa shape index (κ1) is 19.3. The van der Waals surface area contributed by atoms with Crippen molar-refractivity contribution in [1.29, 1.82) is 0 Å². The Labute approximate surface area is 163 Å². The minimum atomic E-state index is -0.476. The Hall–Kier alpha value is -3.48. The quantitative estimate of drug-likeness (QED) is 0.427. The maximum Gasteiger partial charge on any atom is 0.372 e. The van der Waals surface area contributed by atoms with Gasteiger partial charge in [0, 0.05) is 13.1 Å². The summed E-state index contributed by atoms with van der Waals surface area (Å²) in [4.78, 5) is 21.5. The van der Waals surface area contributed by atoms with Gasteiger partial charge in [-0.3, -0.25) is 10.1 Å². The molecule has 3 aromatic rings. The first-order valence-electron chi connectivity index (χ1n) is 9.03. The van der Waals surface area contributed by atoms with Crippen LogP contribution in [0.4, 0.5) is 11.5 Å². The van der Waals surface area contributed by atoms with E-state index in [1.165, 1.54) is 6.33 Å². The van der Waals surface area contributed by atoms with Gasteiger partial charge in [-0.25, -0.2) is 4.98 Å². The van der Waals surface area contributed by atoms with E-state index in [0.717, 1.165) is 11.1 Å². The zero-order valence-electron chi connectivity index (χ0n) is 15.9. The first-order valence-corrected chi connectivity index (χ1v) is 9.03. The lowest BCUT2D eigenvalue weighted by atomic mass is 10.1. The summed E-state index contributed by atoms with van der Waals surface area (Å²) in [6, 6.07) is 19.6. The van der Waals surface area contributed by atoms with E-state index in [9.17, 15) is 10.1 Å². The summed E-state index contributed by atoms with van der Waals surface area (Å²) in [7, 11) is 0. The monoisotopic (exact) mass is 378 g/mol. The zero-order valence-corrected chi connectivity index (χ0v) is 15.9. The molecular weight excluding hydrogens is 356 g/mol. The van der Waals surface area contributed by atoms with Crippen LogP contribution in [0.5, 0.6) is 5.88 Å². The van der Waals surface area contributed by atoms with E-state index in [0.29, 0.717) is 13.1 Å². The molecule has 0 unspecified atom stereocenters. The molecule has 1 aromatic heterocycles. The Morgan fingerprint density at radius 3 is 1.96 bits per heavy atom. The van der Waals surface area contributed by atoms with Gasteiger partial charge < -0.3 is 9.64 Å². The number of nitrogens with zero attached hydrogens (tertiary/aromatic N) is 4. The van der Waals surface area contributed by atoms with Crippen LogP contribution in [-0.4, -0.2) is 21.0 Å². The highest BCUT2D eigenvalue weighted by Gasteiger charge is 2.29. The predicted octanol–water partition coefficient (Wildman–Crippen LogP) is 4.38. The van der Waals surface area contributed by atoms with Gasteiger partial charge in [0.1, 0.15) is 6.33 Å². The molecule has 1 heterocycles. The molecule has 0 aliphatic heterocycles. The second kappa shape index (κ2) is 8.94. The van der Waals surface area contributed by atoms with Crippen molar-refractivity contribution in [1.82, 2.24) is 9.97 Å². The summed E-state index contributed by atoms with van der Waals surface area (Å²) in [6.07, 6.45) is 1.07.